The monoisotopic (exact) mass is 351 g/mol. The fraction of sp³-hybridized carbons (Fsp3) is 0.318. The molecule has 0 saturated heterocycles. The summed E-state index contributed by atoms with van der Waals surface area (Å²) in [5, 5.41) is 10.2. The summed E-state index contributed by atoms with van der Waals surface area (Å²) in [6.45, 7) is 9.68. The molecule has 1 aromatic heterocycles. The van der Waals surface area contributed by atoms with Crippen molar-refractivity contribution in [3.05, 3.63) is 54.1 Å². The normalized spacial score (nSPS) is 12.3. The fourth-order valence-corrected chi connectivity index (χ4v) is 2.82. The topological polar surface area (TPSA) is 62.3 Å². The van der Waals surface area contributed by atoms with Crippen LogP contribution < -0.4 is 4.74 Å². The van der Waals surface area contributed by atoms with Crippen LogP contribution >= 0.6 is 0 Å². The molecule has 0 bridgehead atoms. The lowest BCUT2D eigenvalue weighted by Gasteiger charge is -2.21. The summed E-state index contributed by atoms with van der Waals surface area (Å²) in [5.74, 6) is -0.453. The van der Waals surface area contributed by atoms with E-state index in [1.807, 2.05) is 12.1 Å². The van der Waals surface area contributed by atoms with Crippen molar-refractivity contribution >= 4 is 16.9 Å². The Balaban J connectivity index is 1.97. The number of nitrogens with one attached hydrogen (secondary N) is 1. The molecule has 3 aromatic rings. The van der Waals surface area contributed by atoms with Crippen molar-refractivity contribution in [1.29, 1.82) is 0 Å². The highest BCUT2D eigenvalue weighted by Crippen LogP contribution is 2.31. The number of rotatable bonds is 4. The van der Waals surface area contributed by atoms with Crippen molar-refractivity contribution in [3.8, 4) is 17.0 Å². The van der Waals surface area contributed by atoms with Gasteiger partial charge < -0.3 is 14.8 Å². The van der Waals surface area contributed by atoms with E-state index in [4.69, 9.17) is 4.74 Å². The number of carboxylic acids is 1. The Kier molecular flexibility index (Phi) is 4.31. The molecule has 0 radical (unpaired) electrons. The number of carboxylic acid groups (broad SMARTS) is 1. The Morgan fingerprint density at radius 1 is 1.00 bits per heavy atom. The van der Waals surface area contributed by atoms with Gasteiger partial charge in [-0.1, -0.05) is 39.0 Å². The van der Waals surface area contributed by atoms with Crippen LogP contribution in [0, 0.1) is 0 Å². The lowest BCUT2D eigenvalue weighted by molar-refractivity contribution is -0.152. The van der Waals surface area contributed by atoms with Crippen molar-refractivity contribution in [2.24, 2.45) is 0 Å². The number of carbonyl (C=O) groups is 1. The minimum Gasteiger partial charge on any atom is -0.478 e. The van der Waals surface area contributed by atoms with Crippen LogP contribution in [0.3, 0.4) is 0 Å². The first-order chi connectivity index (χ1) is 12.1. The molecule has 4 nitrogen and oxygen atoms in total. The standard InChI is InChI=1S/C22H25NO3/c1-21(2,3)16-8-6-7-14(11-16)19-13-15-12-17(9-10-18(15)23-19)26-22(4,5)20(24)25/h6-13,23H,1-5H3,(H,24,25). The Morgan fingerprint density at radius 3 is 2.38 bits per heavy atom. The summed E-state index contributed by atoms with van der Waals surface area (Å²) in [6, 6.07) is 16.2. The van der Waals surface area contributed by atoms with Gasteiger partial charge in [-0.2, -0.15) is 0 Å². The summed E-state index contributed by atoms with van der Waals surface area (Å²) in [5.41, 5.74) is 3.24. The number of aromatic amines is 1. The van der Waals surface area contributed by atoms with Gasteiger partial charge in [0.25, 0.3) is 0 Å². The van der Waals surface area contributed by atoms with Crippen LogP contribution in [0.4, 0.5) is 0 Å². The maximum absolute atomic E-state index is 11.3. The highest BCUT2D eigenvalue weighted by Gasteiger charge is 2.29. The zero-order valence-electron chi connectivity index (χ0n) is 15.9. The third-order valence-electron chi connectivity index (χ3n) is 4.52. The van der Waals surface area contributed by atoms with Gasteiger partial charge in [0.05, 0.1) is 0 Å². The molecule has 0 fully saturated rings. The van der Waals surface area contributed by atoms with Gasteiger partial charge in [-0.05, 0) is 60.7 Å². The van der Waals surface area contributed by atoms with Gasteiger partial charge in [-0.25, -0.2) is 4.79 Å². The highest BCUT2D eigenvalue weighted by atomic mass is 16.5. The summed E-state index contributed by atoms with van der Waals surface area (Å²) >= 11 is 0. The predicted octanol–water partition coefficient (Wildman–Crippen LogP) is 5.37. The second-order valence-corrected chi connectivity index (χ2v) is 8.18. The number of fused-ring (bicyclic) bond motifs is 1. The Morgan fingerprint density at radius 2 is 1.73 bits per heavy atom. The second-order valence-electron chi connectivity index (χ2n) is 8.18. The van der Waals surface area contributed by atoms with Crippen LogP contribution in [0.15, 0.2) is 48.5 Å². The summed E-state index contributed by atoms with van der Waals surface area (Å²) in [6.07, 6.45) is 0. The van der Waals surface area contributed by atoms with Crippen molar-refractivity contribution in [2.45, 2.75) is 45.6 Å². The van der Waals surface area contributed by atoms with Crippen LogP contribution in [0.1, 0.15) is 40.2 Å². The smallest absolute Gasteiger partial charge is 0.347 e. The molecular formula is C22H25NO3. The summed E-state index contributed by atoms with van der Waals surface area (Å²) < 4.78 is 5.64. The van der Waals surface area contributed by atoms with E-state index in [0.717, 1.165) is 22.2 Å². The minimum absolute atomic E-state index is 0.0887. The summed E-state index contributed by atoms with van der Waals surface area (Å²) in [4.78, 5) is 14.7. The number of aliphatic carboxylic acids is 1. The van der Waals surface area contributed by atoms with E-state index in [1.54, 1.807) is 19.9 Å². The number of ether oxygens (including phenoxy) is 1. The summed E-state index contributed by atoms with van der Waals surface area (Å²) in [7, 11) is 0. The quantitative estimate of drug-likeness (QED) is 0.664. The molecule has 26 heavy (non-hydrogen) atoms. The molecule has 0 aliphatic heterocycles. The number of H-pyrrole nitrogens is 1. The molecule has 2 aromatic carbocycles. The number of hydrogen-bond acceptors (Lipinski definition) is 2. The fourth-order valence-electron chi connectivity index (χ4n) is 2.82. The van der Waals surface area contributed by atoms with Crippen molar-refractivity contribution in [3.63, 3.8) is 0 Å². The number of hydrogen-bond donors (Lipinski definition) is 2. The molecular weight excluding hydrogens is 326 g/mol. The molecule has 0 atom stereocenters. The molecule has 2 N–H and O–H groups in total. The molecule has 0 amide bonds. The molecule has 3 rings (SSSR count). The molecule has 4 heteroatoms. The van der Waals surface area contributed by atoms with Gasteiger partial charge in [0.15, 0.2) is 5.60 Å². The van der Waals surface area contributed by atoms with Gasteiger partial charge in [0.1, 0.15) is 5.75 Å². The lowest BCUT2D eigenvalue weighted by atomic mass is 9.86. The number of aromatic nitrogens is 1. The molecule has 1 heterocycles. The van der Waals surface area contributed by atoms with E-state index in [0.29, 0.717) is 5.75 Å². The van der Waals surface area contributed by atoms with Crippen LogP contribution in [0.2, 0.25) is 0 Å². The average Bonchev–Trinajstić information content (AvgIpc) is 2.97. The molecule has 136 valence electrons. The first-order valence-electron chi connectivity index (χ1n) is 8.72. The van der Waals surface area contributed by atoms with E-state index < -0.39 is 11.6 Å². The van der Waals surface area contributed by atoms with E-state index in [-0.39, 0.29) is 5.41 Å². The maximum atomic E-state index is 11.3. The lowest BCUT2D eigenvalue weighted by Crippen LogP contribution is -2.37. The van der Waals surface area contributed by atoms with Crippen molar-refractivity contribution < 1.29 is 14.6 Å². The molecule has 0 aliphatic carbocycles. The van der Waals surface area contributed by atoms with Gasteiger partial charge in [-0.3, -0.25) is 0 Å². The third kappa shape index (κ3) is 3.59. The van der Waals surface area contributed by atoms with Crippen molar-refractivity contribution in [2.75, 3.05) is 0 Å². The average molecular weight is 351 g/mol. The SMILES string of the molecule is CC(C)(Oc1ccc2[nH]c(-c3cccc(C(C)(C)C)c3)cc2c1)C(=O)O. The first-order valence-corrected chi connectivity index (χ1v) is 8.72. The van der Waals surface area contributed by atoms with Crippen LogP contribution in [-0.4, -0.2) is 21.7 Å². The van der Waals surface area contributed by atoms with Crippen LogP contribution in [0.5, 0.6) is 5.75 Å². The largest absolute Gasteiger partial charge is 0.478 e. The zero-order valence-corrected chi connectivity index (χ0v) is 15.9. The number of benzene rings is 2. The third-order valence-corrected chi connectivity index (χ3v) is 4.52. The van der Waals surface area contributed by atoms with Gasteiger partial charge in [0.2, 0.25) is 0 Å². The molecule has 0 saturated carbocycles. The van der Waals surface area contributed by atoms with Gasteiger partial charge >= 0.3 is 5.97 Å². The highest BCUT2D eigenvalue weighted by molar-refractivity contribution is 5.87. The van der Waals surface area contributed by atoms with Crippen LogP contribution in [-0.2, 0) is 10.2 Å². The van der Waals surface area contributed by atoms with E-state index >= 15 is 0 Å². The molecule has 0 unspecified atom stereocenters. The maximum Gasteiger partial charge on any atom is 0.347 e. The second kappa shape index (κ2) is 6.20. The van der Waals surface area contributed by atoms with Gasteiger partial charge in [-0.15, -0.1) is 0 Å². The van der Waals surface area contributed by atoms with E-state index in [1.165, 1.54) is 5.56 Å². The molecule has 0 aliphatic rings. The van der Waals surface area contributed by atoms with Gasteiger partial charge in [0, 0.05) is 16.6 Å². The Labute approximate surface area is 153 Å². The Bertz CT molecular complexity index is 961. The zero-order chi connectivity index (χ0) is 19.1. The first kappa shape index (κ1) is 18.1. The molecule has 0 spiro atoms. The Hall–Kier alpha value is -2.75. The van der Waals surface area contributed by atoms with Crippen LogP contribution in [0.25, 0.3) is 22.2 Å². The van der Waals surface area contributed by atoms with E-state index in [9.17, 15) is 9.90 Å². The van der Waals surface area contributed by atoms with E-state index in [2.05, 4.69) is 56.1 Å². The van der Waals surface area contributed by atoms with Crippen molar-refractivity contribution in [1.82, 2.24) is 4.98 Å². The predicted molar refractivity (Wildman–Crippen MR) is 105 cm³/mol. The minimum atomic E-state index is -1.27.